The van der Waals surface area contributed by atoms with E-state index in [-0.39, 0.29) is 17.7 Å². The van der Waals surface area contributed by atoms with E-state index in [1.165, 1.54) is 4.90 Å². The van der Waals surface area contributed by atoms with Crippen LogP contribution in [0.25, 0.3) is 0 Å². The second kappa shape index (κ2) is 9.05. The number of carbonyl (C=O) groups is 2. The van der Waals surface area contributed by atoms with Gasteiger partial charge in [0.05, 0.1) is 27.3 Å². The molecule has 0 atom stereocenters. The van der Waals surface area contributed by atoms with Crippen LogP contribution in [0.15, 0.2) is 48.5 Å². The average Bonchev–Trinajstić information content (AvgIpc) is 3.02. The number of anilines is 1. The number of hydrogen-bond donors (Lipinski definition) is 0. The van der Waals surface area contributed by atoms with Gasteiger partial charge in [-0.1, -0.05) is 37.1 Å². The Morgan fingerprint density at radius 1 is 0.848 bits per heavy atom. The van der Waals surface area contributed by atoms with Crippen molar-refractivity contribution in [2.24, 2.45) is 11.8 Å². The number of nitrogens with zero attached hydrogens (tertiary/aromatic N) is 1. The van der Waals surface area contributed by atoms with E-state index in [0.717, 1.165) is 44.1 Å². The maximum atomic E-state index is 12.9. The molecule has 1 aliphatic heterocycles. The second-order valence-electron chi connectivity index (χ2n) is 10.5. The van der Waals surface area contributed by atoms with Crippen molar-refractivity contribution in [2.75, 3.05) is 10.7 Å². The molecule has 0 radical (unpaired) electrons. The molecule has 2 aromatic carbocycles. The number of aryl methyl sites for hydroxylation is 1. The third-order valence-electron chi connectivity index (χ3n) is 7.16. The molecule has 2 amide bonds. The maximum absolute atomic E-state index is 12.9. The third-order valence-corrected chi connectivity index (χ3v) is 9.94. The van der Waals surface area contributed by atoms with Crippen molar-refractivity contribution in [3.8, 4) is 0 Å². The molecule has 1 aliphatic carbocycles. The van der Waals surface area contributed by atoms with Gasteiger partial charge in [-0.25, -0.2) is 13.3 Å². The normalized spacial score (nSPS) is 21.4. The van der Waals surface area contributed by atoms with Crippen LogP contribution in [-0.2, 0) is 16.3 Å². The van der Waals surface area contributed by atoms with Crippen molar-refractivity contribution in [1.82, 2.24) is 0 Å². The molecule has 2 aliphatic rings. The quantitative estimate of drug-likeness (QED) is 0.531. The standard InChI is InChI=1S/C27H33NO4S/c1-27(2,3)33(31,32)18-21-13-10-19(11-14-21)9-12-20-15-16-23-24(17-20)26(30)28(25(23)29)22-7-5-4-6-8-22/h4-8,15-17,19,21H,9-14,18H2,1-3H3. The van der Waals surface area contributed by atoms with Crippen molar-refractivity contribution in [2.45, 2.75) is 64.0 Å². The van der Waals surface area contributed by atoms with Crippen LogP contribution in [0.2, 0.25) is 0 Å². The van der Waals surface area contributed by atoms with E-state index in [4.69, 9.17) is 0 Å². The highest BCUT2D eigenvalue weighted by Crippen LogP contribution is 2.35. The molecule has 0 spiro atoms. The Balaban J connectivity index is 1.34. The highest BCUT2D eigenvalue weighted by molar-refractivity contribution is 7.92. The van der Waals surface area contributed by atoms with Crippen LogP contribution < -0.4 is 4.90 Å². The molecule has 33 heavy (non-hydrogen) atoms. The first-order valence-corrected chi connectivity index (χ1v) is 13.5. The number of rotatable bonds is 6. The highest BCUT2D eigenvalue weighted by Gasteiger charge is 2.37. The van der Waals surface area contributed by atoms with Gasteiger partial charge in [-0.3, -0.25) is 9.59 Å². The summed E-state index contributed by atoms with van der Waals surface area (Å²) in [5.74, 6) is 0.602. The molecular formula is C27H33NO4S. The number of carbonyl (C=O) groups excluding carboxylic acids is 2. The summed E-state index contributed by atoms with van der Waals surface area (Å²) >= 11 is 0. The fourth-order valence-electron chi connectivity index (χ4n) is 4.87. The van der Waals surface area contributed by atoms with Crippen LogP contribution in [0.4, 0.5) is 5.69 Å². The number of imide groups is 1. The van der Waals surface area contributed by atoms with Crippen molar-refractivity contribution >= 4 is 27.3 Å². The van der Waals surface area contributed by atoms with E-state index < -0.39 is 14.6 Å². The molecule has 1 heterocycles. The van der Waals surface area contributed by atoms with Gasteiger partial charge in [0.2, 0.25) is 0 Å². The fourth-order valence-corrected chi connectivity index (χ4v) is 6.33. The van der Waals surface area contributed by atoms with Gasteiger partial charge in [0, 0.05) is 0 Å². The number of para-hydroxylation sites is 1. The molecule has 1 saturated carbocycles. The predicted octanol–water partition coefficient (Wildman–Crippen LogP) is 5.44. The lowest BCUT2D eigenvalue weighted by molar-refractivity contribution is 0.0926. The molecule has 0 bridgehead atoms. The molecular weight excluding hydrogens is 434 g/mol. The minimum atomic E-state index is -3.07. The van der Waals surface area contributed by atoms with Crippen LogP contribution in [-0.4, -0.2) is 30.7 Å². The van der Waals surface area contributed by atoms with Gasteiger partial charge in [-0.05, 0) is 88.1 Å². The number of fused-ring (bicyclic) bond motifs is 1. The molecule has 176 valence electrons. The lowest BCUT2D eigenvalue weighted by atomic mass is 9.80. The first-order chi connectivity index (χ1) is 15.6. The summed E-state index contributed by atoms with van der Waals surface area (Å²) in [7, 11) is -3.07. The summed E-state index contributed by atoms with van der Waals surface area (Å²) in [6, 6.07) is 14.6. The van der Waals surface area contributed by atoms with Crippen LogP contribution in [0, 0.1) is 11.8 Å². The average molecular weight is 468 g/mol. The third kappa shape index (κ3) is 4.91. The van der Waals surface area contributed by atoms with Gasteiger partial charge >= 0.3 is 0 Å². The van der Waals surface area contributed by atoms with Crippen LogP contribution >= 0.6 is 0 Å². The Labute approximate surface area is 197 Å². The van der Waals surface area contributed by atoms with Gasteiger partial charge in [-0.2, -0.15) is 0 Å². The summed E-state index contributed by atoms with van der Waals surface area (Å²) in [5.41, 5.74) is 2.61. The van der Waals surface area contributed by atoms with Gasteiger partial charge in [0.1, 0.15) is 0 Å². The summed E-state index contributed by atoms with van der Waals surface area (Å²) < 4.78 is 24.3. The summed E-state index contributed by atoms with van der Waals surface area (Å²) in [5, 5.41) is 0. The van der Waals surface area contributed by atoms with E-state index in [0.29, 0.717) is 28.5 Å². The van der Waals surface area contributed by atoms with Crippen molar-refractivity contribution in [3.05, 3.63) is 65.2 Å². The molecule has 6 heteroatoms. The van der Waals surface area contributed by atoms with Crippen molar-refractivity contribution in [3.63, 3.8) is 0 Å². The van der Waals surface area contributed by atoms with Crippen molar-refractivity contribution in [1.29, 1.82) is 0 Å². The maximum Gasteiger partial charge on any atom is 0.266 e. The lowest BCUT2D eigenvalue weighted by Crippen LogP contribution is -2.34. The number of sulfone groups is 1. The zero-order valence-electron chi connectivity index (χ0n) is 19.7. The monoisotopic (exact) mass is 467 g/mol. The predicted molar refractivity (Wildman–Crippen MR) is 131 cm³/mol. The molecule has 4 rings (SSSR count). The van der Waals surface area contributed by atoms with E-state index in [1.54, 1.807) is 39.0 Å². The largest absolute Gasteiger partial charge is 0.268 e. The van der Waals surface area contributed by atoms with E-state index >= 15 is 0 Å². The van der Waals surface area contributed by atoms with Gasteiger partial charge in [0.15, 0.2) is 9.84 Å². The topological polar surface area (TPSA) is 71.5 Å². The van der Waals surface area contributed by atoms with E-state index in [1.807, 2.05) is 30.3 Å². The zero-order valence-corrected chi connectivity index (χ0v) is 20.5. The van der Waals surface area contributed by atoms with Gasteiger partial charge in [-0.15, -0.1) is 0 Å². The molecule has 0 unspecified atom stereocenters. The number of hydrogen-bond acceptors (Lipinski definition) is 4. The zero-order chi connectivity index (χ0) is 23.8. The molecule has 0 saturated heterocycles. The minimum Gasteiger partial charge on any atom is -0.268 e. The Kier molecular flexibility index (Phi) is 6.50. The van der Waals surface area contributed by atoms with Crippen LogP contribution in [0.3, 0.4) is 0 Å². The van der Waals surface area contributed by atoms with Gasteiger partial charge < -0.3 is 0 Å². The van der Waals surface area contributed by atoms with Crippen LogP contribution in [0.5, 0.6) is 0 Å². The summed E-state index contributed by atoms with van der Waals surface area (Å²) in [6.07, 6.45) is 5.90. The summed E-state index contributed by atoms with van der Waals surface area (Å²) in [6.45, 7) is 5.34. The SMILES string of the molecule is CC(C)(C)S(=O)(=O)CC1CCC(CCc2ccc3c(c2)C(=O)N(c2ccccc2)C3=O)CC1. The Morgan fingerprint density at radius 2 is 1.45 bits per heavy atom. The molecule has 2 aromatic rings. The van der Waals surface area contributed by atoms with Crippen LogP contribution in [0.1, 0.15) is 79.2 Å². The Hall–Kier alpha value is -2.47. The number of amides is 2. The first-order valence-electron chi connectivity index (χ1n) is 11.9. The smallest absolute Gasteiger partial charge is 0.266 e. The molecule has 1 fully saturated rings. The van der Waals surface area contributed by atoms with Crippen molar-refractivity contribution < 1.29 is 18.0 Å². The summed E-state index contributed by atoms with van der Waals surface area (Å²) in [4.78, 5) is 27.0. The lowest BCUT2D eigenvalue weighted by Gasteiger charge is -2.30. The highest BCUT2D eigenvalue weighted by atomic mass is 32.2. The first kappa shape index (κ1) is 23.7. The number of benzene rings is 2. The minimum absolute atomic E-state index is 0.261. The molecule has 5 nitrogen and oxygen atoms in total. The van der Waals surface area contributed by atoms with E-state index in [9.17, 15) is 18.0 Å². The fraction of sp³-hybridized carbons (Fsp3) is 0.481. The second-order valence-corrected chi connectivity index (χ2v) is 13.3. The Morgan fingerprint density at radius 3 is 2.09 bits per heavy atom. The van der Waals surface area contributed by atoms with Gasteiger partial charge in [0.25, 0.3) is 11.8 Å². The molecule has 0 aromatic heterocycles. The van der Waals surface area contributed by atoms with E-state index in [2.05, 4.69) is 0 Å². The Bertz CT molecular complexity index is 1140. The molecule has 0 N–H and O–H groups in total.